The summed E-state index contributed by atoms with van der Waals surface area (Å²) in [5.41, 5.74) is 1.48. The van der Waals surface area contributed by atoms with Crippen molar-refractivity contribution in [2.45, 2.75) is 32.4 Å². The van der Waals surface area contributed by atoms with Crippen LogP contribution < -0.4 is 15.5 Å². The maximum Gasteiger partial charge on any atom is 0.328 e. The molecule has 1 heterocycles. The summed E-state index contributed by atoms with van der Waals surface area (Å²) in [6.45, 7) is 2.74. The first-order valence-corrected chi connectivity index (χ1v) is 9.60. The molecule has 1 aliphatic heterocycles. The molecule has 2 atom stereocenters. The number of carbonyl (C=O) groups is 4. The van der Waals surface area contributed by atoms with Crippen LogP contribution in [0.15, 0.2) is 54.6 Å². The van der Waals surface area contributed by atoms with Crippen molar-refractivity contribution in [3.8, 4) is 0 Å². The number of ether oxygens (including phenoxy) is 1. The van der Waals surface area contributed by atoms with Crippen molar-refractivity contribution < 1.29 is 23.9 Å². The molecule has 8 heteroatoms. The van der Waals surface area contributed by atoms with Crippen LogP contribution in [0.3, 0.4) is 0 Å². The van der Waals surface area contributed by atoms with Gasteiger partial charge in [-0.15, -0.1) is 0 Å². The molecule has 156 valence electrons. The molecule has 3 amide bonds. The zero-order chi connectivity index (χ0) is 21.7. The highest BCUT2D eigenvalue weighted by atomic mass is 16.5. The number of nitrogens with one attached hydrogen (secondary N) is 2. The molecule has 1 aliphatic rings. The number of carbonyl (C=O) groups excluding carboxylic acids is 4. The third-order valence-corrected chi connectivity index (χ3v) is 4.70. The van der Waals surface area contributed by atoms with Crippen molar-refractivity contribution in [2.24, 2.45) is 0 Å². The van der Waals surface area contributed by atoms with Crippen LogP contribution in [0.1, 0.15) is 30.6 Å². The molecule has 3 rings (SSSR count). The van der Waals surface area contributed by atoms with Gasteiger partial charge in [0.25, 0.3) is 11.8 Å². The minimum atomic E-state index is -0.928. The Balaban J connectivity index is 1.62. The molecule has 0 radical (unpaired) electrons. The van der Waals surface area contributed by atoms with Crippen LogP contribution in [-0.2, 0) is 19.1 Å². The smallest absolute Gasteiger partial charge is 0.328 e. The lowest BCUT2D eigenvalue weighted by Crippen LogP contribution is -2.44. The third-order valence-electron chi connectivity index (χ3n) is 4.70. The summed E-state index contributed by atoms with van der Waals surface area (Å²) in [5.74, 6) is -1.79. The van der Waals surface area contributed by atoms with Gasteiger partial charge in [-0.1, -0.05) is 30.3 Å². The van der Waals surface area contributed by atoms with E-state index in [2.05, 4.69) is 10.6 Å². The predicted molar refractivity (Wildman–Crippen MR) is 111 cm³/mol. The highest BCUT2D eigenvalue weighted by molar-refractivity contribution is 6.05. The van der Waals surface area contributed by atoms with Gasteiger partial charge in [-0.3, -0.25) is 14.4 Å². The fourth-order valence-electron chi connectivity index (χ4n) is 3.22. The van der Waals surface area contributed by atoms with Crippen molar-refractivity contribution in [2.75, 3.05) is 16.8 Å². The van der Waals surface area contributed by atoms with E-state index < -0.39 is 36.5 Å². The van der Waals surface area contributed by atoms with Crippen LogP contribution in [0.25, 0.3) is 0 Å². The maximum atomic E-state index is 12.8. The molecule has 8 nitrogen and oxygen atoms in total. The van der Waals surface area contributed by atoms with E-state index in [1.54, 1.807) is 61.5 Å². The lowest BCUT2D eigenvalue weighted by molar-refractivity contribution is -0.149. The van der Waals surface area contributed by atoms with Crippen LogP contribution in [-0.4, -0.2) is 42.4 Å². The average Bonchev–Trinajstić information content (AvgIpc) is 2.86. The van der Waals surface area contributed by atoms with E-state index >= 15 is 0 Å². The monoisotopic (exact) mass is 409 g/mol. The fraction of sp³-hybridized carbons (Fsp3) is 0.273. The number of benzene rings is 2. The standard InChI is InChI=1S/C22H23N3O5/c1-14-12-19(26)24-17-10-6-7-11-18(17)25(14)20(27)13-30-22(29)15(2)23-21(28)16-8-4-3-5-9-16/h3-11,14-15H,12-13H2,1-2H3,(H,23,28)(H,24,26)/t14-,15+/m1/s1. The normalized spacial score (nSPS) is 16.5. The predicted octanol–water partition coefficient (Wildman–Crippen LogP) is 2.11. The largest absolute Gasteiger partial charge is 0.454 e. The first-order chi connectivity index (χ1) is 14.4. The first-order valence-electron chi connectivity index (χ1n) is 9.60. The molecule has 0 fully saturated rings. The Morgan fingerprint density at radius 1 is 1.13 bits per heavy atom. The Hall–Kier alpha value is -3.68. The van der Waals surface area contributed by atoms with Gasteiger partial charge in [0.1, 0.15) is 6.04 Å². The Kier molecular flexibility index (Phi) is 6.46. The van der Waals surface area contributed by atoms with E-state index in [1.807, 2.05) is 0 Å². The molecular formula is C22H23N3O5. The molecular weight excluding hydrogens is 386 g/mol. The van der Waals surface area contributed by atoms with E-state index in [1.165, 1.54) is 11.8 Å². The highest BCUT2D eigenvalue weighted by Gasteiger charge is 2.30. The van der Waals surface area contributed by atoms with Gasteiger partial charge in [0.2, 0.25) is 5.91 Å². The zero-order valence-electron chi connectivity index (χ0n) is 16.8. The van der Waals surface area contributed by atoms with Crippen LogP contribution in [0.2, 0.25) is 0 Å². The maximum absolute atomic E-state index is 12.8. The molecule has 0 spiro atoms. The number of para-hydroxylation sites is 2. The number of rotatable bonds is 5. The summed E-state index contributed by atoms with van der Waals surface area (Å²) in [6, 6.07) is 14.1. The van der Waals surface area contributed by atoms with Gasteiger partial charge in [-0.2, -0.15) is 0 Å². The summed E-state index contributed by atoms with van der Waals surface area (Å²) in [6.07, 6.45) is 0.123. The van der Waals surface area contributed by atoms with Crippen molar-refractivity contribution in [3.63, 3.8) is 0 Å². The fourth-order valence-corrected chi connectivity index (χ4v) is 3.22. The van der Waals surface area contributed by atoms with Gasteiger partial charge in [0.05, 0.1) is 11.4 Å². The van der Waals surface area contributed by atoms with E-state index in [0.717, 1.165) is 0 Å². The van der Waals surface area contributed by atoms with Gasteiger partial charge in [-0.25, -0.2) is 4.79 Å². The number of anilines is 2. The minimum absolute atomic E-state index is 0.123. The number of fused-ring (bicyclic) bond motifs is 1. The number of amides is 3. The van der Waals surface area contributed by atoms with E-state index in [4.69, 9.17) is 4.74 Å². The van der Waals surface area contributed by atoms with E-state index in [9.17, 15) is 19.2 Å². The van der Waals surface area contributed by atoms with Gasteiger partial charge in [0, 0.05) is 18.0 Å². The zero-order valence-corrected chi connectivity index (χ0v) is 16.8. The van der Waals surface area contributed by atoms with Crippen molar-refractivity contribution in [3.05, 3.63) is 60.2 Å². The second kappa shape index (κ2) is 9.21. The van der Waals surface area contributed by atoms with Gasteiger partial charge < -0.3 is 20.3 Å². The van der Waals surface area contributed by atoms with Crippen LogP contribution in [0.5, 0.6) is 0 Å². The molecule has 0 saturated carbocycles. The number of hydrogen-bond acceptors (Lipinski definition) is 5. The van der Waals surface area contributed by atoms with Crippen molar-refractivity contribution in [1.29, 1.82) is 0 Å². The molecule has 2 N–H and O–H groups in total. The average molecular weight is 409 g/mol. The SMILES string of the molecule is C[C@H](NC(=O)c1ccccc1)C(=O)OCC(=O)N1c2ccccc2NC(=O)C[C@H]1C. The lowest BCUT2D eigenvalue weighted by atomic mass is 10.1. The van der Waals surface area contributed by atoms with Crippen molar-refractivity contribution in [1.82, 2.24) is 5.32 Å². The summed E-state index contributed by atoms with van der Waals surface area (Å²) < 4.78 is 5.14. The molecule has 0 bridgehead atoms. The quantitative estimate of drug-likeness (QED) is 0.736. The second-order valence-corrected chi connectivity index (χ2v) is 7.05. The highest BCUT2D eigenvalue weighted by Crippen LogP contribution is 2.31. The summed E-state index contributed by atoms with van der Waals surface area (Å²) in [7, 11) is 0. The molecule has 2 aromatic rings. The number of esters is 1. The molecule has 0 aliphatic carbocycles. The minimum Gasteiger partial charge on any atom is -0.454 e. The Morgan fingerprint density at radius 3 is 2.53 bits per heavy atom. The Bertz CT molecular complexity index is 960. The van der Waals surface area contributed by atoms with Crippen LogP contribution in [0, 0.1) is 0 Å². The topological polar surface area (TPSA) is 105 Å². The molecule has 0 unspecified atom stereocenters. The molecule has 30 heavy (non-hydrogen) atoms. The van der Waals surface area contributed by atoms with E-state index in [0.29, 0.717) is 16.9 Å². The first kappa shape index (κ1) is 21.0. The summed E-state index contributed by atoms with van der Waals surface area (Å²) in [4.78, 5) is 50.7. The summed E-state index contributed by atoms with van der Waals surface area (Å²) in [5, 5.41) is 5.32. The molecule has 0 aromatic heterocycles. The lowest BCUT2D eigenvalue weighted by Gasteiger charge is -2.27. The third kappa shape index (κ3) is 4.83. The molecule has 2 aromatic carbocycles. The van der Waals surface area contributed by atoms with Gasteiger partial charge in [0.15, 0.2) is 6.61 Å². The van der Waals surface area contributed by atoms with Crippen LogP contribution >= 0.6 is 0 Å². The van der Waals surface area contributed by atoms with Gasteiger partial charge >= 0.3 is 5.97 Å². The van der Waals surface area contributed by atoms with E-state index in [-0.39, 0.29) is 12.3 Å². The second-order valence-electron chi connectivity index (χ2n) is 7.05. The van der Waals surface area contributed by atoms with Crippen molar-refractivity contribution >= 4 is 35.1 Å². The Labute approximate surface area is 174 Å². The number of hydrogen-bond donors (Lipinski definition) is 2. The molecule has 0 saturated heterocycles. The summed E-state index contributed by atoms with van der Waals surface area (Å²) >= 11 is 0. The van der Waals surface area contributed by atoms with Crippen LogP contribution in [0.4, 0.5) is 11.4 Å². The number of nitrogens with zero attached hydrogens (tertiary/aromatic N) is 1. The van der Waals surface area contributed by atoms with Gasteiger partial charge in [-0.05, 0) is 38.1 Å². The Morgan fingerprint density at radius 2 is 1.80 bits per heavy atom.